The summed E-state index contributed by atoms with van der Waals surface area (Å²) in [5.74, 6) is -0.253. The topological polar surface area (TPSA) is 111 Å². The van der Waals surface area contributed by atoms with Crippen LogP contribution in [0.5, 0.6) is 0 Å². The highest BCUT2D eigenvalue weighted by Crippen LogP contribution is 2.10. The molecule has 0 radical (unpaired) electrons. The van der Waals surface area contributed by atoms with Gasteiger partial charge in [-0.15, -0.1) is 12.4 Å². The van der Waals surface area contributed by atoms with E-state index in [9.17, 15) is 13.2 Å². The second kappa shape index (κ2) is 10.6. The maximum Gasteiger partial charge on any atom is 0.251 e. The van der Waals surface area contributed by atoms with Gasteiger partial charge in [-0.1, -0.05) is 0 Å². The van der Waals surface area contributed by atoms with E-state index in [4.69, 9.17) is 10.5 Å². The fraction of sp³-hybridized carbons (Fsp3) is 0.500. The van der Waals surface area contributed by atoms with Gasteiger partial charge in [0.2, 0.25) is 10.0 Å². The normalized spacial score (nSPS) is 12.3. The number of methoxy groups -OCH3 is 1. The Morgan fingerprint density at radius 2 is 1.87 bits per heavy atom. The van der Waals surface area contributed by atoms with Crippen LogP contribution in [0.3, 0.4) is 0 Å². The van der Waals surface area contributed by atoms with Crippen LogP contribution < -0.4 is 15.8 Å². The van der Waals surface area contributed by atoms with Crippen LogP contribution in [-0.2, 0) is 14.8 Å². The Morgan fingerprint density at radius 3 is 2.39 bits per heavy atom. The standard InChI is InChI=1S/C14H23N3O4S.ClH/c1-11(15)7-8-16-14(18)12-3-5-13(6-4-12)22(19,20)17-9-10-21-2;/h3-6,11,17H,7-10,15H2,1-2H3,(H,16,18);1H. The Labute approximate surface area is 143 Å². The number of hydrogen-bond acceptors (Lipinski definition) is 5. The van der Waals surface area contributed by atoms with Crippen molar-refractivity contribution in [1.82, 2.24) is 10.0 Å². The molecular formula is C14H24ClN3O4S. The lowest BCUT2D eigenvalue weighted by atomic mass is 10.2. The summed E-state index contributed by atoms with van der Waals surface area (Å²) in [5, 5.41) is 2.73. The van der Waals surface area contributed by atoms with Crippen LogP contribution in [0.15, 0.2) is 29.2 Å². The van der Waals surface area contributed by atoms with Crippen molar-refractivity contribution in [2.45, 2.75) is 24.3 Å². The minimum atomic E-state index is -3.58. The largest absolute Gasteiger partial charge is 0.383 e. The van der Waals surface area contributed by atoms with Gasteiger partial charge in [-0.25, -0.2) is 13.1 Å². The van der Waals surface area contributed by atoms with E-state index in [0.29, 0.717) is 25.1 Å². The summed E-state index contributed by atoms with van der Waals surface area (Å²) in [4.78, 5) is 12.0. The zero-order valence-corrected chi connectivity index (χ0v) is 14.9. The molecule has 0 saturated carbocycles. The third-order valence-corrected chi connectivity index (χ3v) is 4.39. The van der Waals surface area contributed by atoms with Gasteiger partial charge in [0.25, 0.3) is 5.91 Å². The summed E-state index contributed by atoms with van der Waals surface area (Å²) in [7, 11) is -2.09. The number of hydrogen-bond donors (Lipinski definition) is 3. The number of rotatable bonds is 9. The molecule has 0 bridgehead atoms. The molecule has 1 unspecified atom stereocenters. The minimum Gasteiger partial charge on any atom is -0.383 e. The fourth-order valence-corrected chi connectivity index (χ4v) is 2.68. The quantitative estimate of drug-likeness (QED) is 0.552. The lowest BCUT2D eigenvalue weighted by molar-refractivity contribution is 0.0952. The highest BCUT2D eigenvalue weighted by molar-refractivity contribution is 7.89. The Morgan fingerprint density at radius 1 is 1.26 bits per heavy atom. The van der Waals surface area contributed by atoms with E-state index < -0.39 is 10.0 Å². The summed E-state index contributed by atoms with van der Waals surface area (Å²) < 4.78 is 31.1. The van der Waals surface area contributed by atoms with E-state index in [-0.39, 0.29) is 35.8 Å². The third-order valence-electron chi connectivity index (χ3n) is 2.91. The molecule has 9 heteroatoms. The van der Waals surface area contributed by atoms with E-state index in [0.717, 1.165) is 0 Å². The van der Waals surface area contributed by atoms with Gasteiger partial charge in [0.05, 0.1) is 11.5 Å². The van der Waals surface area contributed by atoms with Gasteiger partial charge in [-0.3, -0.25) is 4.79 Å². The summed E-state index contributed by atoms with van der Waals surface area (Å²) in [5.41, 5.74) is 6.00. The molecule has 0 fully saturated rings. The van der Waals surface area contributed by atoms with Crippen molar-refractivity contribution in [3.05, 3.63) is 29.8 Å². The summed E-state index contributed by atoms with van der Waals surface area (Å²) in [6.07, 6.45) is 0.682. The molecule has 7 nitrogen and oxygen atoms in total. The van der Waals surface area contributed by atoms with Crippen LogP contribution in [-0.4, -0.2) is 47.2 Å². The van der Waals surface area contributed by atoms with Gasteiger partial charge in [-0.05, 0) is 37.6 Å². The first-order valence-corrected chi connectivity index (χ1v) is 8.47. The first-order valence-electron chi connectivity index (χ1n) is 6.99. The second-order valence-electron chi connectivity index (χ2n) is 4.94. The molecule has 1 rings (SSSR count). The number of halogens is 1. The monoisotopic (exact) mass is 365 g/mol. The zero-order valence-electron chi connectivity index (χ0n) is 13.2. The van der Waals surface area contributed by atoms with Crippen LogP contribution in [0, 0.1) is 0 Å². The van der Waals surface area contributed by atoms with Crippen molar-refractivity contribution in [1.29, 1.82) is 0 Å². The smallest absolute Gasteiger partial charge is 0.251 e. The predicted molar refractivity (Wildman–Crippen MR) is 91.4 cm³/mol. The Balaban J connectivity index is 0.00000484. The predicted octanol–water partition coefficient (Wildman–Crippen LogP) is 0.500. The molecule has 0 spiro atoms. The number of sulfonamides is 1. The second-order valence-corrected chi connectivity index (χ2v) is 6.70. The highest BCUT2D eigenvalue weighted by Gasteiger charge is 2.14. The Bertz CT molecular complexity index is 576. The van der Waals surface area contributed by atoms with E-state index in [1.54, 1.807) is 0 Å². The van der Waals surface area contributed by atoms with Crippen LogP contribution in [0.4, 0.5) is 0 Å². The Hall–Kier alpha value is -1.19. The summed E-state index contributed by atoms with van der Waals surface area (Å²) in [6.45, 7) is 2.83. The van der Waals surface area contributed by atoms with Gasteiger partial charge in [0.1, 0.15) is 0 Å². The molecule has 4 N–H and O–H groups in total. The minimum absolute atomic E-state index is 0. The van der Waals surface area contributed by atoms with Crippen molar-refractivity contribution < 1.29 is 17.9 Å². The van der Waals surface area contributed by atoms with Crippen molar-refractivity contribution in [3.63, 3.8) is 0 Å². The molecule has 0 aliphatic rings. The van der Waals surface area contributed by atoms with Crippen LogP contribution in [0.1, 0.15) is 23.7 Å². The molecule has 1 amide bonds. The van der Waals surface area contributed by atoms with Crippen LogP contribution >= 0.6 is 12.4 Å². The molecule has 1 atom stereocenters. The molecule has 1 aromatic rings. The lowest BCUT2D eigenvalue weighted by Crippen LogP contribution is -2.29. The molecule has 0 saturated heterocycles. The number of benzene rings is 1. The maximum absolute atomic E-state index is 12.0. The van der Waals surface area contributed by atoms with Crippen LogP contribution in [0.25, 0.3) is 0 Å². The first kappa shape index (κ1) is 21.8. The molecular weight excluding hydrogens is 342 g/mol. The number of carbonyl (C=O) groups is 1. The first-order chi connectivity index (χ1) is 10.4. The summed E-state index contributed by atoms with van der Waals surface area (Å²) >= 11 is 0. The number of carbonyl (C=O) groups excluding carboxylic acids is 1. The molecule has 23 heavy (non-hydrogen) atoms. The average molecular weight is 366 g/mol. The summed E-state index contributed by atoms with van der Waals surface area (Å²) in [6, 6.07) is 5.77. The number of nitrogens with two attached hydrogens (primary N) is 1. The average Bonchev–Trinajstić information content (AvgIpc) is 2.47. The fourth-order valence-electron chi connectivity index (χ4n) is 1.66. The number of amides is 1. The highest BCUT2D eigenvalue weighted by atomic mass is 35.5. The van der Waals surface area contributed by atoms with Gasteiger partial charge >= 0.3 is 0 Å². The van der Waals surface area contributed by atoms with Gasteiger partial charge < -0.3 is 15.8 Å². The molecule has 0 aliphatic heterocycles. The van der Waals surface area contributed by atoms with E-state index >= 15 is 0 Å². The Kier molecular flexibility index (Phi) is 10.0. The third kappa shape index (κ3) is 7.76. The molecule has 0 heterocycles. The van der Waals surface area contributed by atoms with Crippen molar-refractivity contribution in [3.8, 4) is 0 Å². The molecule has 132 valence electrons. The molecule has 0 aliphatic carbocycles. The molecule has 1 aromatic carbocycles. The van der Waals surface area contributed by atoms with Crippen molar-refractivity contribution >= 4 is 28.3 Å². The molecule has 0 aromatic heterocycles. The van der Waals surface area contributed by atoms with E-state index in [2.05, 4.69) is 10.0 Å². The zero-order chi connectivity index (χ0) is 16.6. The van der Waals surface area contributed by atoms with E-state index in [1.165, 1.54) is 31.4 Å². The van der Waals surface area contributed by atoms with Gasteiger partial charge in [0.15, 0.2) is 0 Å². The van der Waals surface area contributed by atoms with Gasteiger partial charge in [0, 0.05) is 31.8 Å². The number of nitrogens with one attached hydrogen (secondary N) is 2. The van der Waals surface area contributed by atoms with Crippen molar-refractivity contribution in [2.75, 3.05) is 26.8 Å². The van der Waals surface area contributed by atoms with Crippen molar-refractivity contribution in [2.24, 2.45) is 5.73 Å². The maximum atomic E-state index is 12.0. The van der Waals surface area contributed by atoms with E-state index in [1.807, 2.05) is 6.92 Å². The number of ether oxygens (including phenoxy) is 1. The lowest BCUT2D eigenvalue weighted by Gasteiger charge is -2.09. The van der Waals surface area contributed by atoms with Gasteiger partial charge in [-0.2, -0.15) is 0 Å². The van der Waals surface area contributed by atoms with Crippen LogP contribution in [0.2, 0.25) is 0 Å². The SMILES string of the molecule is COCCNS(=O)(=O)c1ccc(C(=O)NCCC(C)N)cc1.Cl.